The third-order valence-electron chi connectivity index (χ3n) is 3.06. The molecular formula is C17H15NO6. The van der Waals surface area contributed by atoms with Gasteiger partial charge >= 0.3 is 18.0 Å². The minimum atomic E-state index is -1.23. The van der Waals surface area contributed by atoms with E-state index >= 15 is 0 Å². The van der Waals surface area contributed by atoms with E-state index in [1.165, 1.54) is 19.2 Å². The summed E-state index contributed by atoms with van der Waals surface area (Å²) in [6, 6.07) is 12.8. The monoisotopic (exact) mass is 329 g/mol. The zero-order valence-corrected chi connectivity index (χ0v) is 12.8. The molecule has 7 heteroatoms. The fourth-order valence-corrected chi connectivity index (χ4v) is 1.94. The molecule has 0 saturated heterocycles. The van der Waals surface area contributed by atoms with Gasteiger partial charge in [-0.3, -0.25) is 5.32 Å². The molecule has 0 spiro atoms. The van der Waals surface area contributed by atoms with E-state index in [0.717, 1.165) is 11.6 Å². The zero-order valence-electron chi connectivity index (χ0n) is 12.8. The highest BCUT2D eigenvalue weighted by molar-refractivity contribution is 5.97. The minimum Gasteiger partial charge on any atom is -0.478 e. The number of hydrogen-bond donors (Lipinski definition) is 2. The molecule has 0 aromatic heterocycles. The molecule has 0 heterocycles. The molecule has 2 aromatic carbocycles. The van der Waals surface area contributed by atoms with E-state index in [2.05, 4.69) is 10.1 Å². The number of aromatic carboxylic acids is 1. The molecule has 0 radical (unpaired) electrons. The van der Waals surface area contributed by atoms with Crippen molar-refractivity contribution in [2.75, 3.05) is 12.4 Å². The van der Waals surface area contributed by atoms with Crippen LogP contribution >= 0.6 is 0 Å². The lowest BCUT2D eigenvalue weighted by Crippen LogP contribution is -2.15. The molecule has 24 heavy (non-hydrogen) atoms. The van der Waals surface area contributed by atoms with Gasteiger partial charge in [0.25, 0.3) is 0 Å². The van der Waals surface area contributed by atoms with Crippen LogP contribution in [-0.4, -0.2) is 30.2 Å². The van der Waals surface area contributed by atoms with E-state index in [4.69, 9.17) is 9.84 Å². The van der Waals surface area contributed by atoms with Crippen molar-refractivity contribution < 1.29 is 29.0 Å². The third kappa shape index (κ3) is 4.57. The van der Waals surface area contributed by atoms with Crippen molar-refractivity contribution in [2.45, 2.75) is 6.61 Å². The number of carboxylic acid groups (broad SMARTS) is 1. The smallest absolute Gasteiger partial charge is 0.411 e. The van der Waals surface area contributed by atoms with E-state index in [1.807, 2.05) is 18.2 Å². The van der Waals surface area contributed by atoms with Crippen molar-refractivity contribution in [1.29, 1.82) is 0 Å². The molecule has 0 aliphatic rings. The van der Waals surface area contributed by atoms with Crippen LogP contribution in [0.5, 0.6) is 0 Å². The number of carbonyl (C=O) groups excluding carboxylic acids is 2. The normalized spacial score (nSPS) is 9.88. The fraction of sp³-hybridized carbons (Fsp3) is 0.118. The van der Waals surface area contributed by atoms with Gasteiger partial charge in [0.05, 0.1) is 18.2 Å². The molecule has 0 bridgehead atoms. The SMILES string of the molecule is COC(=O)c1cc(NC(=O)OCc2ccccc2)cc(C(=O)O)c1. The maximum absolute atomic E-state index is 11.8. The van der Waals surface area contributed by atoms with E-state index in [1.54, 1.807) is 12.1 Å². The lowest BCUT2D eigenvalue weighted by atomic mass is 10.1. The van der Waals surface area contributed by atoms with Crippen LogP contribution in [0.4, 0.5) is 10.5 Å². The number of anilines is 1. The molecule has 2 rings (SSSR count). The van der Waals surface area contributed by atoms with E-state index < -0.39 is 18.0 Å². The maximum atomic E-state index is 11.8. The van der Waals surface area contributed by atoms with Crippen LogP contribution in [0.25, 0.3) is 0 Å². The van der Waals surface area contributed by atoms with Gasteiger partial charge in [-0.05, 0) is 23.8 Å². The molecular weight excluding hydrogens is 314 g/mol. The summed E-state index contributed by atoms with van der Waals surface area (Å²) < 4.78 is 9.61. The number of rotatable bonds is 5. The van der Waals surface area contributed by atoms with Crippen molar-refractivity contribution in [3.63, 3.8) is 0 Å². The number of carbonyl (C=O) groups is 3. The molecule has 1 amide bonds. The van der Waals surface area contributed by atoms with Gasteiger partial charge in [-0.15, -0.1) is 0 Å². The number of esters is 1. The van der Waals surface area contributed by atoms with Crippen LogP contribution in [0.3, 0.4) is 0 Å². The lowest BCUT2D eigenvalue weighted by molar-refractivity contribution is 0.0600. The quantitative estimate of drug-likeness (QED) is 0.818. The highest BCUT2D eigenvalue weighted by atomic mass is 16.5. The van der Waals surface area contributed by atoms with Crippen molar-refractivity contribution in [2.24, 2.45) is 0 Å². The molecule has 7 nitrogen and oxygen atoms in total. The van der Waals surface area contributed by atoms with Gasteiger partial charge < -0.3 is 14.6 Å². The van der Waals surface area contributed by atoms with Gasteiger partial charge in [-0.1, -0.05) is 30.3 Å². The summed E-state index contributed by atoms with van der Waals surface area (Å²) in [6.07, 6.45) is -0.766. The summed E-state index contributed by atoms with van der Waals surface area (Å²) in [6.45, 7) is 0.0646. The number of hydrogen-bond acceptors (Lipinski definition) is 5. The van der Waals surface area contributed by atoms with Gasteiger partial charge in [0.2, 0.25) is 0 Å². The predicted octanol–water partition coefficient (Wildman–Crippen LogP) is 2.92. The lowest BCUT2D eigenvalue weighted by Gasteiger charge is -2.09. The number of nitrogens with one attached hydrogen (secondary N) is 1. The van der Waals surface area contributed by atoms with Crippen LogP contribution in [0.2, 0.25) is 0 Å². The molecule has 0 saturated carbocycles. The summed E-state index contributed by atoms with van der Waals surface area (Å²) in [4.78, 5) is 34.5. The Kier molecular flexibility index (Phi) is 5.51. The number of benzene rings is 2. The molecule has 2 N–H and O–H groups in total. The second-order valence-corrected chi connectivity index (χ2v) is 4.78. The summed E-state index contributed by atoms with van der Waals surface area (Å²) in [5, 5.41) is 11.5. The Labute approximate surface area is 137 Å². The first-order valence-electron chi connectivity index (χ1n) is 6.94. The first-order chi connectivity index (χ1) is 11.5. The molecule has 124 valence electrons. The second-order valence-electron chi connectivity index (χ2n) is 4.78. The van der Waals surface area contributed by atoms with Crippen LogP contribution in [0.15, 0.2) is 48.5 Å². The maximum Gasteiger partial charge on any atom is 0.411 e. The van der Waals surface area contributed by atoms with Crippen LogP contribution in [0.1, 0.15) is 26.3 Å². The van der Waals surface area contributed by atoms with Crippen molar-refractivity contribution >= 4 is 23.7 Å². The Morgan fingerprint density at radius 3 is 2.33 bits per heavy atom. The second kappa shape index (κ2) is 7.77. The summed E-state index contributed by atoms with van der Waals surface area (Å²) in [7, 11) is 1.18. The molecule has 0 unspecified atom stereocenters. The average molecular weight is 329 g/mol. The zero-order chi connectivity index (χ0) is 17.5. The number of amides is 1. The Bertz CT molecular complexity index is 757. The first kappa shape index (κ1) is 17.0. The number of carboxylic acids is 1. The van der Waals surface area contributed by atoms with Crippen LogP contribution < -0.4 is 5.32 Å². The Morgan fingerprint density at radius 1 is 1.04 bits per heavy atom. The highest BCUT2D eigenvalue weighted by Gasteiger charge is 2.14. The molecule has 0 fully saturated rings. The van der Waals surface area contributed by atoms with Gasteiger partial charge in [0.1, 0.15) is 6.61 Å². The van der Waals surface area contributed by atoms with E-state index in [-0.39, 0.29) is 23.4 Å². The van der Waals surface area contributed by atoms with Gasteiger partial charge in [-0.25, -0.2) is 14.4 Å². The van der Waals surface area contributed by atoms with Crippen LogP contribution in [-0.2, 0) is 16.1 Å². The van der Waals surface area contributed by atoms with E-state index in [0.29, 0.717) is 0 Å². The van der Waals surface area contributed by atoms with E-state index in [9.17, 15) is 14.4 Å². The standard InChI is InChI=1S/C17H15NO6/c1-23-16(21)13-7-12(15(19)20)8-14(9-13)18-17(22)24-10-11-5-3-2-4-6-11/h2-9H,10H2,1H3,(H,18,22)(H,19,20). The minimum absolute atomic E-state index is 0.00996. The van der Waals surface area contributed by atoms with Crippen molar-refractivity contribution in [3.8, 4) is 0 Å². The molecule has 0 atom stereocenters. The molecule has 0 aliphatic heterocycles. The number of ether oxygens (including phenoxy) is 2. The summed E-state index contributed by atoms with van der Waals surface area (Å²) >= 11 is 0. The summed E-state index contributed by atoms with van der Waals surface area (Å²) in [5.74, 6) is -1.94. The van der Waals surface area contributed by atoms with Gasteiger partial charge in [0, 0.05) is 5.69 Å². The highest BCUT2D eigenvalue weighted by Crippen LogP contribution is 2.17. The largest absolute Gasteiger partial charge is 0.478 e. The van der Waals surface area contributed by atoms with Crippen molar-refractivity contribution in [3.05, 3.63) is 65.2 Å². The van der Waals surface area contributed by atoms with Crippen LogP contribution in [0, 0.1) is 0 Å². The average Bonchev–Trinajstić information content (AvgIpc) is 2.59. The Hall–Kier alpha value is -3.35. The molecule has 2 aromatic rings. The Morgan fingerprint density at radius 2 is 1.71 bits per heavy atom. The topological polar surface area (TPSA) is 102 Å². The fourth-order valence-electron chi connectivity index (χ4n) is 1.94. The summed E-state index contributed by atoms with van der Waals surface area (Å²) in [5.41, 5.74) is 0.780. The third-order valence-corrected chi connectivity index (χ3v) is 3.06. The number of methoxy groups -OCH3 is 1. The first-order valence-corrected chi connectivity index (χ1v) is 6.94. The molecule has 0 aliphatic carbocycles. The Balaban J connectivity index is 2.10. The van der Waals surface area contributed by atoms with Gasteiger partial charge in [0.15, 0.2) is 0 Å². The van der Waals surface area contributed by atoms with Gasteiger partial charge in [-0.2, -0.15) is 0 Å². The predicted molar refractivity (Wildman–Crippen MR) is 85.0 cm³/mol. The van der Waals surface area contributed by atoms with Crippen molar-refractivity contribution in [1.82, 2.24) is 0 Å².